The van der Waals surface area contributed by atoms with Crippen molar-refractivity contribution in [1.82, 2.24) is 5.32 Å². The number of hydrogen-bond donors (Lipinski definition) is 1. The molecule has 1 heterocycles. The zero-order valence-electron chi connectivity index (χ0n) is 11.5. The van der Waals surface area contributed by atoms with Crippen LogP contribution in [-0.2, 0) is 11.2 Å². The highest BCUT2D eigenvalue weighted by atomic mass is 35.5. The van der Waals surface area contributed by atoms with Gasteiger partial charge < -0.3 is 10.1 Å². The van der Waals surface area contributed by atoms with Crippen molar-refractivity contribution in [2.75, 3.05) is 19.8 Å². The lowest BCUT2D eigenvalue weighted by Crippen LogP contribution is -2.39. The smallest absolute Gasteiger partial charge is 0.0538 e. The Hall–Kier alpha value is -0.280. The van der Waals surface area contributed by atoms with Gasteiger partial charge in [-0.3, -0.25) is 0 Å². The van der Waals surface area contributed by atoms with E-state index in [-0.39, 0.29) is 5.41 Å². The first-order valence-corrected chi connectivity index (χ1v) is 7.52. The Kier molecular flexibility index (Phi) is 5.13. The highest BCUT2D eigenvalue weighted by Crippen LogP contribution is 2.37. The molecule has 4 heteroatoms. The maximum Gasteiger partial charge on any atom is 0.0538 e. The van der Waals surface area contributed by atoms with E-state index >= 15 is 0 Å². The van der Waals surface area contributed by atoms with Gasteiger partial charge in [-0.1, -0.05) is 43.1 Å². The first-order chi connectivity index (χ1) is 9.02. The zero-order chi connectivity index (χ0) is 13.9. The molecular formula is C15H21Cl2NO. The highest BCUT2D eigenvalue weighted by molar-refractivity contribution is 6.36. The molecule has 0 saturated carbocycles. The van der Waals surface area contributed by atoms with Gasteiger partial charge in [0.1, 0.15) is 0 Å². The summed E-state index contributed by atoms with van der Waals surface area (Å²) in [6.45, 7) is 6.85. The molecule has 1 aliphatic heterocycles. The minimum atomic E-state index is 0.110. The fourth-order valence-corrected chi connectivity index (χ4v) is 3.02. The summed E-state index contributed by atoms with van der Waals surface area (Å²) in [7, 11) is 0. The van der Waals surface area contributed by atoms with Crippen molar-refractivity contribution in [2.45, 2.75) is 32.7 Å². The van der Waals surface area contributed by atoms with Crippen molar-refractivity contribution in [2.24, 2.45) is 5.41 Å². The molecule has 0 bridgehead atoms. The Bertz CT molecular complexity index is 408. The molecule has 0 spiro atoms. The Morgan fingerprint density at radius 1 is 1.32 bits per heavy atom. The van der Waals surface area contributed by atoms with Crippen LogP contribution in [0.4, 0.5) is 0 Å². The number of ether oxygens (including phenoxy) is 1. The lowest BCUT2D eigenvalue weighted by molar-refractivity contribution is 0.148. The highest BCUT2D eigenvalue weighted by Gasteiger charge is 2.36. The first kappa shape index (κ1) is 15.1. The first-order valence-electron chi connectivity index (χ1n) is 6.76. The summed E-state index contributed by atoms with van der Waals surface area (Å²) < 4.78 is 5.62. The minimum Gasteiger partial charge on any atom is -0.381 e. The number of rotatable bonds is 5. The summed E-state index contributed by atoms with van der Waals surface area (Å²) >= 11 is 12.6. The maximum absolute atomic E-state index is 6.29. The van der Waals surface area contributed by atoms with E-state index in [4.69, 9.17) is 27.9 Å². The van der Waals surface area contributed by atoms with Crippen molar-refractivity contribution < 1.29 is 4.74 Å². The molecule has 106 valence electrons. The molecule has 0 radical (unpaired) electrons. The van der Waals surface area contributed by atoms with Crippen LogP contribution in [0.2, 0.25) is 10.0 Å². The summed E-state index contributed by atoms with van der Waals surface area (Å²) in [6.07, 6.45) is 1.92. The molecule has 2 rings (SSSR count). The fraction of sp³-hybridized carbons (Fsp3) is 0.600. The van der Waals surface area contributed by atoms with E-state index in [9.17, 15) is 0 Å². The van der Waals surface area contributed by atoms with Crippen molar-refractivity contribution in [3.05, 3.63) is 33.8 Å². The normalized spacial score (nSPS) is 23.2. The molecule has 0 amide bonds. The minimum absolute atomic E-state index is 0.110. The second-order valence-corrected chi connectivity index (χ2v) is 6.53. The molecule has 1 atom stereocenters. The van der Waals surface area contributed by atoms with Crippen LogP contribution < -0.4 is 5.32 Å². The van der Waals surface area contributed by atoms with Gasteiger partial charge in [-0.2, -0.15) is 0 Å². The van der Waals surface area contributed by atoms with E-state index in [1.165, 1.54) is 0 Å². The standard InChI is InChI=1S/C15H21Cl2NO/c1-11(2)18-9-15(6-7-19-10-15)8-12-13(16)4-3-5-14(12)17/h3-5,11,18H,6-10H2,1-2H3. The molecule has 1 fully saturated rings. The molecule has 2 nitrogen and oxygen atoms in total. The Balaban J connectivity index is 2.16. The molecular weight excluding hydrogens is 281 g/mol. The van der Waals surface area contributed by atoms with Crippen LogP contribution in [0.15, 0.2) is 18.2 Å². The number of benzene rings is 1. The number of nitrogens with one attached hydrogen (secondary N) is 1. The number of halogens is 2. The fourth-order valence-electron chi connectivity index (χ4n) is 2.49. The second-order valence-electron chi connectivity index (χ2n) is 5.72. The summed E-state index contributed by atoms with van der Waals surface area (Å²) in [4.78, 5) is 0. The van der Waals surface area contributed by atoms with Gasteiger partial charge in [0, 0.05) is 34.7 Å². The lowest BCUT2D eigenvalue weighted by atomic mass is 9.80. The monoisotopic (exact) mass is 301 g/mol. The van der Waals surface area contributed by atoms with Crippen LogP contribution in [-0.4, -0.2) is 25.8 Å². The summed E-state index contributed by atoms with van der Waals surface area (Å²) in [6, 6.07) is 6.17. The molecule has 19 heavy (non-hydrogen) atoms. The third kappa shape index (κ3) is 3.85. The van der Waals surface area contributed by atoms with Gasteiger partial charge in [-0.15, -0.1) is 0 Å². The van der Waals surface area contributed by atoms with Crippen LogP contribution in [0.25, 0.3) is 0 Å². The third-order valence-electron chi connectivity index (χ3n) is 3.68. The third-order valence-corrected chi connectivity index (χ3v) is 4.39. The lowest BCUT2D eigenvalue weighted by Gasteiger charge is -2.29. The largest absolute Gasteiger partial charge is 0.381 e. The Morgan fingerprint density at radius 3 is 2.53 bits per heavy atom. The number of hydrogen-bond acceptors (Lipinski definition) is 2. The Morgan fingerprint density at radius 2 is 2.00 bits per heavy atom. The maximum atomic E-state index is 6.29. The van der Waals surface area contributed by atoms with Gasteiger partial charge >= 0.3 is 0 Å². The molecule has 1 unspecified atom stereocenters. The molecule has 1 saturated heterocycles. The van der Waals surface area contributed by atoms with Gasteiger partial charge in [0.15, 0.2) is 0 Å². The van der Waals surface area contributed by atoms with Crippen LogP contribution in [0, 0.1) is 5.41 Å². The molecule has 0 aromatic heterocycles. The predicted octanol–water partition coefficient (Wildman–Crippen LogP) is 3.94. The van der Waals surface area contributed by atoms with Gasteiger partial charge in [-0.05, 0) is 30.5 Å². The second kappa shape index (κ2) is 6.45. The van der Waals surface area contributed by atoms with Crippen molar-refractivity contribution >= 4 is 23.2 Å². The SMILES string of the molecule is CC(C)NCC1(Cc2c(Cl)cccc2Cl)CCOC1. The molecule has 1 aromatic rings. The van der Waals surface area contributed by atoms with Crippen LogP contribution in [0.5, 0.6) is 0 Å². The van der Waals surface area contributed by atoms with E-state index < -0.39 is 0 Å². The topological polar surface area (TPSA) is 21.3 Å². The van der Waals surface area contributed by atoms with Gasteiger partial charge in [0.2, 0.25) is 0 Å². The van der Waals surface area contributed by atoms with Crippen LogP contribution in [0.3, 0.4) is 0 Å². The average Bonchev–Trinajstić information content (AvgIpc) is 2.81. The molecule has 1 N–H and O–H groups in total. The van der Waals surface area contributed by atoms with E-state index in [2.05, 4.69) is 19.2 Å². The van der Waals surface area contributed by atoms with E-state index in [1.807, 2.05) is 18.2 Å². The summed E-state index contributed by atoms with van der Waals surface area (Å²) in [5.74, 6) is 0. The molecule has 1 aromatic carbocycles. The van der Waals surface area contributed by atoms with Gasteiger partial charge in [0.25, 0.3) is 0 Å². The van der Waals surface area contributed by atoms with Crippen molar-refractivity contribution in [1.29, 1.82) is 0 Å². The Labute approximate surface area is 125 Å². The van der Waals surface area contributed by atoms with E-state index in [0.717, 1.165) is 48.2 Å². The molecule has 0 aliphatic carbocycles. The van der Waals surface area contributed by atoms with E-state index in [0.29, 0.717) is 6.04 Å². The van der Waals surface area contributed by atoms with Crippen molar-refractivity contribution in [3.8, 4) is 0 Å². The van der Waals surface area contributed by atoms with Crippen molar-refractivity contribution in [3.63, 3.8) is 0 Å². The quantitative estimate of drug-likeness (QED) is 0.889. The van der Waals surface area contributed by atoms with E-state index in [1.54, 1.807) is 0 Å². The van der Waals surface area contributed by atoms with Gasteiger partial charge in [-0.25, -0.2) is 0 Å². The zero-order valence-corrected chi connectivity index (χ0v) is 13.0. The van der Waals surface area contributed by atoms with Gasteiger partial charge in [0.05, 0.1) is 6.61 Å². The van der Waals surface area contributed by atoms with Crippen LogP contribution in [0.1, 0.15) is 25.8 Å². The average molecular weight is 302 g/mol. The summed E-state index contributed by atoms with van der Waals surface area (Å²) in [5, 5.41) is 5.03. The summed E-state index contributed by atoms with van der Waals surface area (Å²) in [5.41, 5.74) is 1.15. The predicted molar refractivity (Wildman–Crippen MR) is 81.2 cm³/mol. The van der Waals surface area contributed by atoms with Crippen LogP contribution >= 0.6 is 23.2 Å². The molecule has 1 aliphatic rings.